The van der Waals surface area contributed by atoms with Gasteiger partial charge in [0.2, 0.25) is 0 Å². The quantitative estimate of drug-likeness (QED) is 0.657. The average molecular weight is 370 g/mol. The highest BCUT2D eigenvalue weighted by molar-refractivity contribution is 6.30. The van der Waals surface area contributed by atoms with Gasteiger partial charge in [-0.05, 0) is 48.4 Å². The normalized spacial score (nSPS) is 10.4. The van der Waals surface area contributed by atoms with Crippen molar-refractivity contribution in [3.05, 3.63) is 88.8 Å². The first-order chi connectivity index (χ1) is 12.6. The Labute approximate surface area is 156 Å². The number of para-hydroxylation sites is 1. The third kappa shape index (κ3) is 4.80. The van der Waals surface area contributed by atoms with E-state index < -0.39 is 11.7 Å². The van der Waals surface area contributed by atoms with Gasteiger partial charge >= 0.3 is 0 Å². The fourth-order valence-corrected chi connectivity index (χ4v) is 2.67. The van der Waals surface area contributed by atoms with E-state index >= 15 is 0 Å². The second-order valence-electron chi connectivity index (χ2n) is 5.67. The van der Waals surface area contributed by atoms with Crippen molar-refractivity contribution in [1.29, 1.82) is 0 Å². The zero-order valence-corrected chi connectivity index (χ0v) is 14.6. The third-order valence-corrected chi connectivity index (χ3v) is 3.99. The minimum Gasteiger partial charge on any atom is -0.370 e. The number of hydrogen-bond donors (Lipinski definition) is 2. The lowest BCUT2D eigenvalue weighted by atomic mass is 10.1. The maximum atomic E-state index is 13.7. The monoisotopic (exact) mass is 369 g/mol. The molecule has 0 unspecified atom stereocenters. The van der Waals surface area contributed by atoms with Crippen LogP contribution in [-0.4, -0.2) is 17.4 Å². The topological polar surface area (TPSA) is 54.0 Å². The minimum atomic E-state index is -0.477. The van der Waals surface area contributed by atoms with Crippen LogP contribution in [0, 0.1) is 5.82 Å². The van der Waals surface area contributed by atoms with Crippen molar-refractivity contribution in [3.63, 3.8) is 0 Å². The van der Waals surface area contributed by atoms with E-state index in [1.165, 1.54) is 18.3 Å². The highest BCUT2D eigenvalue weighted by Crippen LogP contribution is 2.15. The van der Waals surface area contributed by atoms with E-state index in [2.05, 4.69) is 15.6 Å². The van der Waals surface area contributed by atoms with Crippen molar-refractivity contribution in [3.8, 4) is 0 Å². The van der Waals surface area contributed by atoms with Gasteiger partial charge in [-0.25, -0.2) is 9.37 Å². The Morgan fingerprint density at radius 3 is 2.73 bits per heavy atom. The van der Waals surface area contributed by atoms with E-state index in [1.807, 2.05) is 24.3 Å². The maximum absolute atomic E-state index is 13.7. The van der Waals surface area contributed by atoms with E-state index in [0.29, 0.717) is 22.9 Å². The molecule has 0 fully saturated rings. The summed E-state index contributed by atoms with van der Waals surface area (Å²) in [4.78, 5) is 16.5. The Morgan fingerprint density at radius 1 is 1.08 bits per heavy atom. The van der Waals surface area contributed by atoms with Crippen LogP contribution in [0.1, 0.15) is 15.9 Å². The highest BCUT2D eigenvalue weighted by atomic mass is 35.5. The molecule has 0 aliphatic carbocycles. The molecule has 0 radical (unpaired) electrons. The van der Waals surface area contributed by atoms with E-state index in [1.54, 1.807) is 24.3 Å². The Balaban J connectivity index is 1.60. The largest absolute Gasteiger partial charge is 0.370 e. The summed E-state index contributed by atoms with van der Waals surface area (Å²) in [5, 5.41) is 6.43. The maximum Gasteiger partial charge on any atom is 0.255 e. The predicted octanol–water partition coefficient (Wildman–Crippen LogP) is 4.78. The Hall–Kier alpha value is -2.92. The van der Waals surface area contributed by atoms with E-state index in [9.17, 15) is 9.18 Å². The van der Waals surface area contributed by atoms with Gasteiger partial charge in [-0.15, -0.1) is 0 Å². The fourth-order valence-electron chi connectivity index (χ4n) is 2.45. The molecule has 0 saturated carbocycles. The molecule has 0 aliphatic rings. The smallest absolute Gasteiger partial charge is 0.255 e. The fraction of sp³-hybridized carbons (Fsp3) is 0.100. The number of amides is 1. The zero-order chi connectivity index (χ0) is 18.4. The number of nitrogens with one attached hydrogen (secondary N) is 2. The first-order valence-corrected chi connectivity index (χ1v) is 8.50. The lowest BCUT2D eigenvalue weighted by Gasteiger charge is -2.09. The molecule has 26 heavy (non-hydrogen) atoms. The number of nitrogens with zero attached hydrogens (tertiary/aromatic N) is 1. The van der Waals surface area contributed by atoms with Crippen LogP contribution >= 0.6 is 11.6 Å². The van der Waals surface area contributed by atoms with Gasteiger partial charge in [0.05, 0.1) is 5.69 Å². The van der Waals surface area contributed by atoms with Gasteiger partial charge in [0.25, 0.3) is 5.91 Å². The number of hydrogen-bond acceptors (Lipinski definition) is 3. The number of anilines is 2. The van der Waals surface area contributed by atoms with Gasteiger partial charge in [-0.3, -0.25) is 4.79 Å². The van der Waals surface area contributed by atoms with Crippen LogP contribution in [0.25, 0.3) is 0 Å². The summed E-state index contributed by atoms with van der Waals surface area (Å²) in [6.45, 7) is 0.645. The number of benzene rings is 2. The van der Waals surface area contributed by atoms with Crippen LogP contribution in [-0.2, 0) is 6.42 Å². The summed E-state index contributed by atoms with van der Waals surface area (Å²) in [6, 6.07) is 16.9. The Bertz CT molecular complexity index is 917. The molecule has 6 heteroatoms. The number of aromatic nitrogens is 1. The second-order valence-corrected chi connectivity index (χ2v) is 6.11. The number of rotatable bonds is 6. The van der Waals surface area contributed by atoms with Gasteiger partial charge in [-0.2, -0.15) is 0 Å². The minimum absolute atomic E-state index is 0.143. The summed E-state index contributed by atoms with van der Waals surface area (Å²) in [6.07, 6.45) is 2.31. The van der Waals surface area contributed by atoms with Crippen molar-refractivity contribution >= 4 is 29.0 Å². The number of carbonyl (C=O) groups is 1. The Kier molecular flexibility index (Phi) is 5.81. The molecule has 3 rings (SSSR count). The van der Waals surface area contributed by atoms with E-state index in [0.717, 1.165) is 12.0 Å². The van der Waals surface area contributed by atoms with Gasteiger partial charge < -0.3 is 10.6 Å². The Morgan fingerprint density at radius 2 is 1.92 bits per heavy atom. The summed E-state index contributed by atoms with van der Waals surface area (Å²) < 4.78 is 13.7. The van der Waals surface area contributed by atoms with Crippen LogP contribution in [0.5, 0.6) is 0 Å². The van der Waals surface area contributed by atoms with Crippen LogP contribution in [0.4, 0.5) is 15.9 Å². The lowest BCUT2D eigenvalue weighted by Crippen LogP contribution is -2.14. The molecule has 4 nitrogen and oxygen atoms in total. The van der Waals surface area contributed by atoms with Gasteiger partial charge in [0.15, 0.2) is 0 Å². The molecule has 132 valence electrons. The average Bonchev–Trinajstić information content (AvgIpc) is 2.64. The summed E-state index contributed by atoms with van der Waals surface area (Å²) in [7, 11) is 0. The standard InChI is InChI=1S/C20H17ClFN3O/c21-16-5-3-4-14(12-16)8-10-23-19-13-15(9-11-24-19)20(26)25-18-7-2-1-6-17(18)22/h1-7,9,11-13H,8,10H2,(H,23,24)(H,25,26). The SMILES string of the molecule is O=C(Nc1ccccc1F)c1ccnc(NCCc2cccc(Cl)c2)c1. The van der Waals surface area contributed by atoms with Crippen LogP contribution in [0.15, 0.2) is 66.9 Å². The zero-order valence-electron chi connectivity index (χ0n) is 13.9. The predicted molar refractivity (Wildman–Crippen MR) is 102 cm³/mol. The molecule has 1 heterocycles. The lowest BCUT2D eigenvalue weighted by molar-refractivity contribution is 0.102. The van der Waals surface area contributed by atoms with E-state index in [4.69, 9.17) is 11.6 Å². The summed E-state index contributed by atoms with van der Waals surface area (Å²) in [5.41, 5.74) is 1.65. The van der Waals surface area contributed by atoms with Crippen LogP contribution in [0.3, 0.4) is 0 Å². The number of halogens is 2. The number of carbonyl (C=O) groups excluding carboxylic acids is 1. The molecular formula is C20H17ClFN3O. The molecule has 1 aromatic heterocycles. The van der Waals surface area contributed by atoms with Gasteiger partial charge in [-0.1, -0.05) is 35.9 Å². The molecular weight excluding hydrogens is 353 g/mol. The highest BCUT2D eigenvalue weighted by Gasteiger charge is 2.10. The molecule has 0 saturated heterocycles. The van der Waals surface area contributed by atoms with Crippen LogP contribution < -0.4 is 10.6 Å². The summed E-state index contributed by atoms with van der Waals surface area (Å²) >= 11 is 5.97. The van der Waals surface area contributed by atoms with Crippen molar-refractivity contribution in [1.82, 2.24) is 4.98 Å². The molecule has 0 atom stereocenters. The molecule has 2 N–H and O–H groups in total. The molecule has 2 aromatic carbocycles. The van der Waals surface area contributed by atoms with Gasteiger partial charge in [0, 0.05) is 23.3 Å². The first-order valence-electron chi connectivity index (χ1n) is 8.12. The molecule has 0 aliphatic heterocycles. The van der Waals surface area contributed by atoms with Crippen molar-refractivity contribution in [2.75, 3.05) is 17.2 Å². The molecule has 0 bridgehead atoms. The van der Waals surface area contributed by atoms with Crippen molar-refractivity contribution < 1.29 is 9.18 Å². The summed E-state index contributed by atoms with van der Waals surface area (Å²) in [5.74, 6) is -0.293. The van der Waals surface area contributed by atoms with Gasteiger partial charge in [0.1, 0.15) is 11.6 Å². The molecule has 1 amide bonds. The van der Waals surface area contributed by atoms with E-state index in [-0.39, 0.29) is 5.69 Å². The van der Waals surface area contributed by atoms with Crippen molar-refractivity contribution in [2.45, 2.75) is 6.42 Å². The first kappa shape index (κ1) is 17.9. The molecule has 3 aromatic rings. The second kappa shape index (κ2) is 8.45. The molecule has 0 spiro atoms. The number of pyridine rings is 1. The van der Waals surface area contributed by atoms with Crippen molar-refractivity contribution in [2.24, 2.45) is 0 Å². The van der Waals surface area contributed by atoms with Crippen LogP contribution in [0.2, 0.25) is 5.02 Å². The third-order valence-electron chi connectivity index (χ3n) is 3.75.